The lowest BCUT2D eigenvalue weighted by Gasteiger charge is -2.31. The minimum Gasteiger partial charge on any atom is -0.457 e. The Kier molecular flexibility index (Phi) is 23.2. The number of Topliss-reactive ketones (excluding diaryl/α,β-unsaturated/α-hetero) is 6. The molecule has 0 fully saturated rings. The first-order valence-electron chi connectivity index (χ1n) is 28.1. The van der Waals surface area contributed by atoms with Crippen molar-refractivity contribution >= 4 is 51.3 Å². The van der Waals surface area contributed by atoms with Gasteiger partial charge in [-0.2, -0.15) is 0 Å². The van der Waals surface area contributed by atoms with Gasteiger partial charge in [-0.3, -0.25) is 28.8 Å². The van der Waals surface area contributed by atoms with Gasteiger partial charge < -0.3 is 37.6 Å². The minimum atomic E-state index is -1.86. The molecule has 0 heterocycles. The van der Waals surface area contributed by atoms with Crippen LogP contribution < -0.4 is 14.2 Å². The molecule has 0 aromatic heterocycles. The number of carbonyl (C=O) groups is 6. The van der Waals surface area contributed by atoms with Crippen molar-refractivity contribution < 1.29 is 66.4 Å². The van der Waals surface area contributed by atoms with E-state index in [0.717, 1.165) is 0 Å². The summed E-state index contributed by atoms with van der Waals surface area (Å²) >= 11 is 0. The van der Waals surface area contributed by atoms with Crippen LogP contribution in [0.5, 0.6) is 34.5 Å². The predicted molar refractivity (Wildman–Crippen MR) is 340 cm³/mol. The van der Waals surface area contributed by atoms with Crippen molar-refractivity contribution in [2.24, 2.45) is 5.41 Å². The summed E-state index contributed by atoms with van der Waals surface area (Å²) in [6, 6.07) is 41.4. The van der Waals surface area contributed by atoms with Crippen LogP contribution in [0.25, 0.3) is 0 Å². The van der Waals surface area contributed by atoms with Crippen LogP contribution in [0.3, 0.4) is 0 Å². The van der Waals surface area contributed by atoms with E-state index in [0.29, 0.717) is 67.9 Å². The maximum atomic E-state index is 12.9. The van der Waals surface area contributed by atoms with Gasteiger partial charge in [0.1, 0.15) is 62.5 Å². The lowest BCUT2D eigenvalue weighted by atomic mass is 9.86. The number of hydrogen-bond donors (Lipinski definition) is 1. The summed E-state index contributed by atoms with van der Waals surface area (Å²) in [5.74, 6) is 3.02. The highest BCUT2D eigenvalue weighted by Gasteiger charge is 2.36. The Morgan fingerprint density at radius 1 is 0.294 bits per heavy atom. The summed E-state index contributed by atoms with van der Waals surface area (Å²) in [6.07, 6.45) is 0. The number of aliphatic hydroxyl groups is 1. The maximum Gasteiger partial charge on any atom is 0.194 e. The van der Waals surface area contributed by atoms with Gasteiger partial charge in [0, 0.05) is 53.0 Å². The molecule has 16 heteroatoms. The van der Waals surface area contributed by atoms with Crippen LogP contribution in [-0.4, -0.2) is 98.7 Å². The van der Waals surface area contributed by atoms with Crippen LogP contribution in [0.2, 0.25) is 39.3 Å². The van der Waals surface area contributed by atoms with E-state index in [9.17, 15) is 33.9 Å². The summed E-state index contributed by atoms with van der Waals surface area (Å²) in [6.45, 7) is 35.2. The fourth-order valence-electron chi connectivity index (χ4n) is 8.44. The van der Waals surface area contributed by atoms with Crippen molar-refractivity contribution in [1.29, 1.82) is 0 Å². The Balaban J connectivity index is 0.000000276. The Hall–Kier alpha value is -7.03. The minimum absolute atomic E-state index is 0.0532. The lowest BCUT2D eigenvalue weighted by Crippen LogP contribution is -2.44. The van der Waals surface area contributed by atoms with Gasteiger partial charge in [-0.15, -0.1) is 0 Å². The first-order valence-corrected chi connectivity index (χ1v) is 35.0. The average molecular weight is 1200 g/mol. The molecule has 1 N–H and O–H groups in total. The van der Waals surface area contributed by atoms with E-state index in [-0.39, 0.29) is 34.7 Å². The van der Waals surface area contributed by atoms with Gasteiger partial charge in [0.25, 0.3) is 0 Å². The molecule has 0 radical (unpaired) electrons. The van der Waals surface area contributed by atoms with Gasteiger partial charge in [-0.25, -0.2) is 0 Å². The highest BCUT2D eigenvalue weighted by molar-refractivity contribution is 6.70. The molecule has 0 aliphatic rings. The van der Waals surface area contributed by atoms with Crippen molar-refractivity contribution in [1.82, 2.24) is 0 Å². The summed E-state index contributed by atoms with van der Waals surface area (Å²) < 4.78 is 40.0. The first kappa shape index (κ1) is 70.5. The summed E-state index contributed by atoms with van der Waals surface area (Å²) in [5, 5.41) is 9.76. The molecule has 0 saturated heterocycles. The zero-order valence-corrected chi connectivity index (χ0v) is 55.6. The Bertz CT molecular complexity index is 3020. The normalized spacial score (nSPS) is 12.4. The average Bonchev–Trinajstić information content (AvgIpc) is 3.38. The van der Waals surface area contributed by atoms with E-state index in [1.165, 1.54) is 28.1 Å². The van der Waals surface area contributed by atoms with E-state index in [1.807, 2.05) is 48.5 Å². The van der Waals surface area contributed by atoms with Gasteiger partial charge in [0.2, 0.25) is 0 Å². The van der Waals surface area contributed by atoms with Crippen molar-refractivity contribution in [3.05, 3.63) is 179 Å². The second-order valence-corrected chi connectivity index (χ2v) is 35.0. The van der Waals surface area contributed by atoms with Crippen LogP contribution in [0.15, 0.2) is 146 Å². The molecule has 14 nitrogen and oxygen atoms in total. The Morgan fingerprint density at radius 2 is 0.471 bits per heavy atom. The van der Waals surface area contributed by atoms with E-state index in [1.54, 1.807) is 173 Å². The molecule has 0 bridgehead atoms. The van der Waals surface area contributed by atoms with Crippen molar-refractivity contribution in [3.63, 3.8) is 0 Å². The van der Waals surface area contributed by atoms with Gasteiger partial charge in [-0.05, 0) is 254 Å². The fourth-order valence-corrected chi connectivity index (χ4v) is 11.7. The second-order valence-electron chi connectivity index (χ2n) is 26.1. The third-order valence-corrected chi connectivity index (χ3v) is 15.2. The van der Waals surface area contributed by atoms with E-state index >= 15 is 0 Å². The van der Waals surface area contributed by atoms with Gasteiger partial charge >= 0.3 is 0 Å². The second kappa shape index (κ2) is 28.0. The van der Waals surface area contributed by atoms with Crippen LogP contribution >= 0.6 is 0 Å². The highest BCUT2D eigenvalue weighted by Crippen LogP contribution is 2.31. The third kappa shape index (κ3) is 21.2. The summed E-state index contributed by atoms with van der Waals surface area (Å²) in [4.78, 5) is 74.8. The molecule has 0 atom stereocenters. The van der Waals surface area contributed by atoms with E-state index in [4.69, 9.17) is 32.5 Å². The Labute approximate surface area is 505 Å². The highest BCUT2D eigenvalue weighted by atomic mass is 28.4. The van der Waals surface area contributed by atoms with Crippen LogP contribution in [0.1, 0.15) is 152 Å². The third-order valence-electron chi connectivity index (χ3n) is 13.0. The number of benzene rings is 6. The smallest absolute Gasteiger partial charge is 0.194 e. The van der Waals surface area contributed by atoms with E-state index < -0.39 is 50.1 Å². The van der Waals surface area contributed by atoms with Crippen LogP contribution in [0.4, 0.5) is 0 Å². The molecular formula is C69H88O14Si2. The monoisotopic (exact) mass is 1200 g/mol. The SMILES string of the molecule is CC(C)(C)C(=O)c1ccc(Oc2ccc(C(=O)C(C)(C)O)cc2)cc1.CC(C)(O[Si](C)(C)C)C(=O)c1ccc(Oc2ccc(C(=O)C(C)(C)O[Si](C)(C)C)cc2)cc1.COC(C)(C)C(=O)c1ccc(Oc2ccc(C(=O)C(C)(C)OC)cc2)cc1. The van der Waals surface area contributed by atoms with Crippen molar-refractivity contribution in [3.8, 4) is 34.5 Å². The van der Waals surface area contributed by atoms with Crippen molar-refractivity contribution in [2.75, 3.05) is 14.2 Å². The standard InChI is InChI=1S/C26H38O5Si2.C22H26O5.C21H24O4/c1-25(2,30-32(5,6)7)23(27)19-11-15-21(16-12-19)29-22-17-13-20(14-18-22)24(28)26(3,4)31-33(8,9)10;1-21(2,25-5)19(23)15-7-11-17(12-8-15)27-18-13-9-16(10-14-18)20(24)22(3,4)26-6;1-20(2,3)18(22)14-6-10-16(11-7-14)25-17-12-8-15(9-13-17)19(23)21(4,5)24/h11-18H,1-10H3;7-14H,1-6H3;6-13,24H,1-5H3. The molecule has 0 aliphatic carbocycles. The molecule has 0 spiro atoms. The molecule has 6 aromatic carbocycles. The predicted octanol–water partition coefficient (Wildman–Crippen LogP) is 16.5. The molecule has 456 valence electrons. The van der Waals surface area contributed by atoms with Crippen molar-refractivity contribution in [2.45, 2.75) is 157 Å². The van der Waals surface area contributed by atoms with Gasteiger partial charge in [0.15, 0.2) is 51.3 Å². The first-order chi connectivity index (χ1) is 39.0. The molecular weight excluding hydrogens is 1110 g/mol. The molecule has 0 amide bonds. The Morgan fingerprint density at radius 3 is 0.635 bits per heavy atom. The molecule has 0 aliphatic heterocycles. The molecule has 85 heavy (non-hydrogen) atoms. The number of ether oxygens (including phenoxy) is 5. The van der Waals surface area contributed by atoms with Gasteiger partial charge in [-0.1, -0.05) is 20.8 Å². The summed E-state index contributed by atoms with van der Waals surface area (Å²) in [7, 11) is -0.702. The largest absolute Gasteiger partial charge is 0.457 e. The van der Waals surface area contributed by atoms with Crippen LogP contribution in [0, 0.1) is 5.41 Å². The zero-order chi connectivity index (χ0) is 64.3. The maximum absolute atomic E-state index is 12.9. The molecule has 6 aromatic rings. The number of methoxy groups -OCH3 is 2. The van der Waals surface area contributed by atoms with E-state index in [2.05, 4.69) is 39.3 Å². The molecule has 6 rings (SSSR count). The zero-order valence-electron chi connectivity index (χ0n) is 53.6. The number of carbonyl (C=O) groups excluding carboxylic acids is 6. The fraction of sp³-hybridized carbons (Fsp3) is 0.391. The van der Waals surface area contributed by atoms with Crippen LogP contribution in [-0.2, 0) is 18.3 Å². The quantitative estimate of drug-likeness (QED) is 0.0471. The molecule has 0 saturated carbocycles. The lowest BCUT2D eigenvalue weighted by molar-refractivity contribution is 0.0228. The summed E-state index contributed by atoms with van der Waals surface area (Å²) in [5.41, 5.74) is -1.99. The molecule has 0 unspecified atom stereocenters. The number of hydrogen-bond acceptors (Lipinski definition) is 14. The number of rotatable bonds is 23. The van der Waals surface area contributed by atoms with Gasteiger partial charge in [0.05, 0.1) is 0 Å². The topological polar surface area (TPSA) is 187 Å². The number of ketones is 6.